The lowest BCUT2D eigenvalue weighted by molar-refractivity contribution is -0.121. The lowest BCUT2D eigenvalue weighted by Crippen LogP contribution is -2.31. The summed E-state index contributed by atoms with van der Waals surface area (Å²) >= 11 is 4.33. The van der Waals surface area contributed by atoms with Gasteiger partial charge in [0.2, 0.25) is 11.8 Å². The number of carbonyl (C=O) groups excluding carboxylic acids is 2. The van der Waals surface area contributed by atoms with Crippen LogP contribution in [0.5, 0.6) is 5.75 Å². The van der Waals surface area contributed by atoms with Crippen LogP contribution in [0.1, 0.15) is 18.9 Å². The molecule has 1 saturated heterocycles. The van der Waals surface area contributed by atoms with Gasteiger partial charge in [0.15, 0.2) is 5.17 Å². The van der Waals surface area contributed by atoms with Crippen LogP contribution in [0.2, 0.25) is 0 Å². The van der Waals surface area contributed by atoms with Gasteiger partial charge in [-0.3, -0.25) is 9.59 Å². The van der Waals surface area contributed by atoms with E-state index in [1.165, 1.54) is 0 Å². The number of aromatic hydroxyl groups is 1. The van der Waals surface area contributed by atoms with Crippen LogP contribution in [0.15, 0.2) is 63.2 Å². The van der Waals surface area contributed by atoms with Gasteiger partial charge in [-0.25, -0.2) is 4.90 Å². The van der Waals surface area contributed by atoms with Crippen molar-refractivity contribution >= 4 is 56.1 Å². The number of amides is 2. The number of nitrogens with zero attached hydrogens (tertiary/aromatic N) is 3. The van der Waals surface area contributed by atoms with E-state index < -0.39 is 5.25 Å². The van der Waals surface area contributed by atoms with Crippen molar-refractivity contribution in [1.29, 1.82) is 0 Å². The molecule has 3 N–H and O–H groups in total. The van der Waals surface area contributed by atoms with E-state index in [0.29, 0.717) is 17.0 Å². The van der Waals surface area contributed by atoms with Crippen LogP contribution in [0.3, 0.4) is 0 Å². The van der Waals surface area contributed by atoms with Crippen LogP contribution in [0.4, 0.5) is 5.69 Å². The number of thioether (sulfide) groups is 1. The molecule has 1 aliphatic heterocycles. The first-order valence-electron chi connectivity index (χ1n) is 8.32. The van der Waals surface area contributed by atoms with Gasteiger partial charge in [0, 0.05) is 16.5 Å². The highest BCUT2D eigenvalue weighted by molar-refractivity contribution is 9.10. The maximum absolute atomic E-state index is 12.6. The van der Waals surface area contributed by atoms with Gasteiger partial charge in [-0.2, -0.15) is 5.10 Å². The zero-order chi connectivity index (χ0) is 20.3. The quantitative estimate of drug-likeness (QED) is 0.315. The normalized spacial score (nSPS) is 18.1. The number of anilines is 1. The minimum atomic E-state index is -0.652. The zero-order valence-electron chi connectivity index (χ0n) is 14.9. The number of rotatable bonds is 4. The van der Waals surface area contributed by atoms with Gasteiger partial charge in [0.05, 0.1) is 11.4 Å². The molecule has 1 atom stereocenters. The molecule has 3 rings (SSSR count). The minimum Gasteiger partial charge on any atom is -0.507 e. The number of hydrogen-bond donors (Lipinski definition) is 2. The second-order valence-electron chi connectivity index (χ2n) is 6.00. The van der Waals surface area contributed by atoms with Crippen molar-refractivity contribution in [2.24, 2.45) is 15.9 Å². The number of carbonyl (C=O) groups is 2. The Morgan fingerprint density at radius 2 is 1.86 bits per heavy atom. The van der Waals surface area contributed by atoms with Gasteiger partial charge >= 0.3 is 0 Å². The molecule has 144 valence electrons. The van der Waals surface area contributed by atoms with Crippen LogP contribution >= 0.6 is 27.7 Å². The Morgan fingerprint density at radius 1 is 1.18 bits per heavy atom. The predicted octanol–water partition coefficient (Wildman–Crippen LogP) is 3.26. The summed E-state index contributed by atoms with van der Waals surface area (Å²) in [4.78, 5) is 26.1. The first kappa shape index (κ1) is 20.1. The lowest BCUT2D eigenvalue weighted by atomic mass is 10.1. The topological polar surface area (TPSA) is 108 Å². The molecule has 1 aliphatic rings. The highest BCUT2D eigenvalue weighted by atomic mass is 79.9. The van der Waals surface area contributed by atoms with E-state index in [9.17, 15) is 14.7 Å². The second-order valence-corrected chi connectivity index (χ2v) is 8.13. The standard InChI is InChI=1S/C19H17BrN4O3S/c1-11(14-4-2-3-5-15(14)25)22-23-19(21)28-16-10-17(26)24(18(16)27)13-8-6-12(20)7-9-13/h2-9,16,25H,10H2,1H3,(H2,21,23)/b22-11+. The number of phenolic OH excluding ortho intramolecular Hbond substituents is 1. The molecule has 0 saturated carbocycles. The van der Waals surface area contributed by atoms with Gasteiger partial charge in [-0.15, -0.1) is 5.10 Å². The third-order valence-electron chi connectivity index (χ3n) is 4.05. The largest absolute Gasteiger partial charge is 0.507 e. The molecule has 0 bridgehead atoms. The summed E-state index contributed by atoms with van der Waals surface area (Å²) in [6, 6.07) is 13.7. The summed E-state index contributed by atoms with van der Waals surface area (Å²) in [5, 5.41) is 17.2. The maximum atomic E-state index is 12.6. The molecule has 2 aromatic rings. The summed E-state index contributed by atoms with van der Waals surface area (Å²) in [7, 11) is 0. The Kier molecular flexibility index (Phi) is 6.15. The summed E-state index contributed by atoms with van der Waals surface area (Å²) in [5.74, 6) is -0.532. The number of hydrogen-bond acceptors (Lipinski definition) is 6. The van der Waals surface area contributed by atoms with E-state index in [1.54, 1.807) is 55.5 Å². The summed E-state index contributed by atoms with van der Waals surface area (Å²) in [6.45, 7) is 1.69. The molecule has 1 heterocycles. The van der Waals surface area contributed by atoms with Crippen molar-refractivity contribution in [3.63, 3.8) is 0 Å². The van der Waals surface area contributed by atoms with Crippen LogP contribution in [-0.4, -0.2) is 33.1 Å². The predicted molar refractivity (Wildman–Crippen MR) is 115 cm³/mol. The van der Waals surface area contributed by atoms with Crippen molar-refractivity contribution in [2.45, 2.75) is 18.6 Å². The average molecular weight is 461 g/mol. The third-order valence-corrected chi connectivity index (χ3v) is 5.55. The van der Waals surface area contributed by atoms with Gasteiger partial charge < -0.3 is 10.8 Å². The van der Waals surface area contributed by atoms with Crippen molar-refractivity contribution < 1.29 is 14.7 Å². The Balaban J connectivity index is 1.71. The van der Waals surface area contributed by atoms with E-state index in [1.807, 2.05) is 0 Å². The highest BCUT2D eigenvalue weighted by Crippen LogP contribution is 2.30. The van der Waals surface area contributed by atoms with E-state index >= 15 is 0 Å². The van der Waals surface area contributed by atoms with Gasteiger partial charge in [-0.1, -0.05) is 39.8 Å². The molecule has 2 aromatic carbocycles. The second kappa shape index (κ2) is 8.57. The van der Waals surface area contributed by atoms with Gasteiger partial charge in [0.1, 0.15) is 11.0 Å². The number of phenols is 1. The van der Waals surface area contributed by atoms with Crippen LogP contribution in [0, 0.1) is 0 Å². The Morgan fingerprint density at radius 3 is 2.54 bits per heavy atom. The SMILES string of the molecule is C/C(=N\N=C(N)SC1CC(=O)N(c2ccc(Br)cc2)C1=O)c1ccccc1O. The Bertz CT molecular complexity index is 975. The van der Waals surface area contributed by atoms with Crippen molar-refractivity contribution in [3.8, 4) is 5.75 Å². The van der Waals surface area contributed by atoms with E-state index in [2.05, 4.69) is 26.1 Å². The van der Waals surface area contributed by atoms with E-state index in [4.69, 9.17) is 5.73 Å². The first-order valence-corrected chi connectivity index (χ1v) is 9.99. The fraction of sp³-hybridized carbons (Fsp3) is 0.158. The molecular formula is C19H17BrN4O3S. The number of amidine groups is 1. The molecule has 1 fully saturated rings. The number of imide groups is 1. The van der Waals surface area contributed by atoms with Crippen LogP contribution < -0.4 is 10.6 Å². The van der Waals surface area contributed by atoms with E-state index in [-0.39, 0.29) is 29.2 Å². The smallest absolute Gasteiger partial charge is 0.247 e. The number of benzene rings is 2. The van der Waals surface area contributed by atoms with E-state index in [0.717, 1.165) is 21.1 Å². The summed E-state index contributed by atoms with van der Waals surface area (Å²) < 4.78 is 0.857. The molecule has 0 radical (unpaired) electrons. The van der Waals surface area contributed by atoms with Crippen LogP contribution in [-0.2, 0) is 9.59 Å². The number of nitrogens with two attached hydrogens (primary N) is 1. The molecule has 1 unspecified atom stereocenters. The van der Waals surface area contributed by atoms with Crippen LogP contribution in [0.25, 0.3) is 0 Å². The number of halogens is 1. The molecule has 0 aromatic heterocycles. The maximum Gasteiger partial charge on any atom is 0.247 e. The van der Waals surface area contributed by atoms with Crippen molar-refractivity contribution in [2.75, 3.05) is 4.90 Å². The number of para-hydroxylation sites is 1. The average Bonchev–Trinajstić information content (AvgIpc) is 2.94. The molecule has 0 aliphatic carbocycles. The Hall–Kier alpha value is -2.65. The Labute approximate surface area is 174 Å². The molecule has 7 nitrogen and oxygen atoms in total. The molecule has 9 heteroatoms. The molecule has 2 amide bonds. The molecular weight excluding hydrogens is 444 g/mol. The zero-order valence-corrected chi connectivity index (χ0v) is 17.3. The lowest BCUT2D eigenvalue weighted by Gasteiger charge is -2.14. The van der Waals surface area contributed by atoms with Crippen molar-refractivity contribution in [3.05, 3.63) is 58.6 Å². The summed E-state index contributed by atoms with van der Waals surface area (Å²) in [5.41, 5.74) is 7.42. The van der Waals surface area contributed by atoms with Gasteiger partial charge in [-0.05, 0) is 43.3 Å². The van der Waals surface area contributed by atoms with Crippen molar-refractivity contribution in [1.82, 2.24) is 0 Å². The molecule has 0 spiro atoms. The minimum absolute atomic E-state index is 0.0396. The fourth-order valence-electron chi connectivity index (χ4n) is 2.68. The first-order chi connectivity index (χ1) is 13.4. The molecule has 28 heavy (non-hydrogen) atoms. The fourth-order valence-corrected chi connectivity index (χ4v) is 3.76. The summed E-state index contributed by atoms with van der Waals surface area (Å²) in [6.07, 6.45) is 0.0396. The van der Waals surface area contributed by atoms with Gasteiger partial charge in [0.25, 0.3) is 0 Å². The third kappa shape index (κ3) is 4.42. The highest BCUT2D eigenvalue weighted by Gasteiger charge is 2.40. The monoisotopic (exact) mass is 460 g/mol.